The number of aldehydes is 1. The van der Waals surface area contributed by atoms with Gasteiger partial charge >= 0.3 is 6.18 Å². The van der Waals surface area contributed by atoms with Crippen LogP contribution in [0.15, 0.2) is 42.9 Å². The fourth-order valence-corrected chi connectivity index (χ4v) is 3.82. The zero-order valence-electron chi connectivity index (χ0n) is 17.5. The molecule has 0 spiro atoms. The highest BCUT2D eigenvalue weighted by molar-refractivity contribution is 5.96. The maximum absolute atomic E-state index is 12.9. The largest absolute Gasteiger partial charge is 0.417 e. The molecule has 1 aromatic carbocycles. The van der Waals surface area contributed by atoms with Gasteiger partial charge in [-0.25, -0.2) is 0 Å². The zero-order valence-corrected chi connectivity index (χ0v) is 17.5. The van der Waals surface area contributed by atoms with E-state index in [2.05, 4.69) is 20.6 Å². The first-order valence-electron chi connectivity index (χ1n) is 10.3. The summed E-state index contributed by atoms with van der Waals surface area (Å²) in [5.74, 6) is 0. The topological polar surface area (TPSA) is 93.6 Å². The molecule has 6 nitrogen and oxygen atoms in total. The lowest BCUT2D eigenvalue weighted by Crippen LogP contribution is -2.35. The maximum Gasteiger partial charge on any atom is 0.417 e. The van der Waals surface area contributed by atoms with Crippen molar-refractivity contribution in [2.45, 2.75) is 43.9 Å². The number of nitriles is 1. The van der Waals surface area contributed by atoms with Gasteiger partial charge in [-0.3, -0.25) is 9.78 Å². The summed E-state index contributed by atoms with van der Waals surface area (Å²) >= 11 is 0. The highest BCUT2D eigenvalue weighted by atomic mass is 19.4. The van der Waals surface area contributed by atoms with Crippen molar-refractivity contribution in [2.75, 3.05) is 12.4 Å². The van der Waals surface area contributed by atoms with Crippen LogP contribution in [-0.2, 0) is 6.18 Å². The molecule has 168 valence electrons. The first-order chi connectivity index (χ1) is 15.4. The van der Waals surface area contributed by atoms with Crippen LogP contribution in [0, 0.1) is 11.3 Å². The summed E-state index contributed by atoms with van der Waals surface area (Å²) in [6.45, 7) is 0. The molecular weight excluding hydrogens is 419 g/mol. The molecule has 0 radical (unpaired) electrons. The van der Waals surface area contributed by atoms with Crippen molar-refractivity contribution in [3.63, 3.8) is 0 Å². The number of rotatable bonds is 4. The second-order valence-electron chi connectivity index (χ2n) is 7.63. The van der Waals surface area contributed by atoms with Gasteiger partial charge in [0.2, 0.25) is 0 Å². The van der Waals surface area contributed by atoms with E-state index in [9.17, 15) is 18.0 Å². The lowest BCUT2D eigenvalue weighted by atomic mass is 9.91. The molecule has 1 saturated carbocycles. The SMILES string of the molecule is CNC1CCC(Nc2ccc(C#N)c(C(F)(F)F)c2)CC1.O=Cc1c[nH]c2cnccc12. The maximum atomic E-state index is 12.9. The number of aromatic amines is 1. The first-order valence-corrected chi connectivity index (χ1v) is 10.3. The van der Waals surface area contributed by atoms with Crippen molar-refractivity contribution in [2.24, 2.45) is 0 Å². The Balaban J connectivity index is 0.000000219. The Morgan fingerprint density at radius 1 is 1.19 bits per heavy atom. The fraction of sp³-hybridized carbons (Fsp3) is 0.348. The molecule has 2 heterocycles. The number of carbonyl (C=O) groups excluding carboxylic acids is 1. The Morgan fingerprint density at radius 2 is 1.91 bits per heavy atom. The Kier molecular flexibility index (Phi) is 7.49. The number of hydrogen-bond acceptors (Lipinski definition) is 5. The van der Waals surface area contributed by atoms with E-state index in [1.54, 1.807) is 24.7 Å². The highest BCUT2D eigenvalue weighted by Crippen LogP contribution is 2.34. The quantitative estimate of drug-likeness (QED) is 0.499. The lowest BCUT2D eigenvalue weighted by Gasteiger charge is -2.29. The second-order valence-corrected chi connectivity index (χ2v) is 7.63. The number of carbonyl (C=O) groups is 1. The molecule has 0 amide bonds. The minimum Gasteiger partial charge on any atom is -0.382 e. The third-order valence-corrected chi connectivity index (χ3v) is 5.59. The second kappa shape index (κ2) is 10.3. The van der Waals surface area contributed by atoms with Crippen LogP contribution in [0.3, 0.4) is 0 Å². The number of pyridine rings is 1. The summed E-state index contributed by atoms with van der Waals surface area (Å²) in [6, 6.07) is 7.88. The summed E-state index contributed by atoms with van der Waals surface area (Å²) in [5.41, 5.74) is 0.789. The number of aromatic nitrogens is 2. The van der Waals surface area contributed by atoms with Gasteiger partial charge in [0, 0.05) is 41.1 Å². The molecular formula is C23H24F3N5O. The van der Waals surface area contributed by atoms with Crippen molar-refractivity contribution in [3.05, 3.63) is 59.5 Å². The van der Waals surface area contributed by atoms with E-state index in [1.165, 1.54) is 12.1 Å². The van der Waals surface area contributed by atoms with E-state index in [0.29, 0.717) is 17.3 Å². The number of anilines is 1. The molecule has 0 atom stereocenters. The van der Waals surface area contributed by atoms with Gasteiger partial charge in [-0.15, -0.1) is 0 Å². The Bertz CT molecular complexity index is 1090. The summed E-state index contributed by atoms with van der Waals surface area (Å²) in [4.78, 5) is 17.3. The summed E-state index contributed by atoms with van der Waals surface area (Å²) in [6.07, 6.45) is 5.24. The molecule has 1 aliphatic carbocycles. The van der Waals surface area contributed by atoms with E-state index in [-0.39, 0.29) is 11.6 Å². The van der Waals surface area contributed by atoms with Crippen molar-refractivity contribution in [3.8, 4) is 6.07 Å². The molecule has 3 N–H and O–H groups in total. The molecule has 0 unspecified atom stereocenters. The molecule has 3 aromatic rings. The summed E-state index contributed by atoms with van der Waals surface area (Å²) in [5, 5.41) is 16.1. The summed E-state index contributed by atoms with van der Waals surface area (Å²) in [7, 11) is 1.93. The fourth-order valence-electron chi connectivity index (χ4n) is 3.82. The molecule has 9 heteroatoms. The van der Waals surface area contributed by atoms with Crippen LogP contribution in [0.1, 0.15) is 47.2 Å². The number of nitrogens with one attached hydrogen (secondary N) is 3. The van der Waals surface area contributed by atoms with Gasteiger partial charge in [0.05, 0.1) is 28.9 Å². The normalized spacial score (nSPS) is 18.3. The van der Waals surface area contributed by atoms with Crippen LogP contribution in [0.5, 0.6) is 0 Å². The van der Waals surface area contributed by atoms with Gasteiger partial charge in [-0.2, -0.15) is 18.4 Å². The van der Waals surface area contributed by atoms with Gasteiger partial charge in [-0.05, 0) is 57.0 Å². The van der Waals surface area contributed by atoms with Crippen molar-refractivity contribution >= 4 is 22.9 Å². The number of nitrogens with zero attached hydrogens (tertiary/aromatic N) is 2. The molecule has 1 fully saturated rings. The zero-order chi connectivity index (χ0) is 23.1. The molecule has 1 aliphatic rings. The smallest absolute Gasteiger partial charge is 0.382 e. The predicted molar refractivity (Wildman–Crippen MR) is 116 cm³/mol. The molecule has 0 saturated heterocycles. The number of halogens is 3. The van der Waals surface area contributed by atoms with Crippen LogP contribution in [0.25, 0.3) is 10.9 Å². The molecule has 32 heavy (non-hydrogen) atoms. The van der Waals surface area contributed by atoms with Gasteiger partial charge in [0.1, 0.15) is 0 Å². The summed E-state index contributed by atoms with van der Waals surface area (Å²) < 4.78 is 38.7. The van der Waals surface area contributed by atoms with Crippen LogP contribution in [0.2, 0.25) is 0 Å². The third kappa shape index (κ3) is 5.65. The molecule has 2 aromatic heterocycles. The first kappa shape index (κ1) is 23.3. The van der Waals surface area contributed by atoms with Crippen LogP contribution < -0.4 is 10.6 Å². The number of benzene rings is 1. The van der Waals surface area contributed by atoms with Crippen molar-refractivity contribution in [1.29, 1.82) is 5.26 Å². The van der Waals surface area contributed by atoms with E-state index in [0.717, 1.165) is 48.9 Å². The molecule has 0 aliphatic heterocycles. The minimum atomic E-state index is -4.51. The minimum absolute atomic E-state index is 0.184. The van der Waals surface area contributed by atoms with Gasteiger partial charge < -0.3 is 15.6 Å². The van der Waals surface area contributed by atoms with Gasteiger partial charge in [0.15, 0.2) is 6.29 Å². The lowest BCUT2D eigenvalue weighted by molar-refractivity contribution is -0.137. The Labute approximate surface area is 183 Å². The monoisotopic (exact) mass is 443 g/mol. The average Bonchev–Trinajstić information content (AvgIpc) is 3.23. The van der Waals surface area contributed by atoms with Crippen LogP contribution in [0.4, 0.5) is 18.9 Å². The van der Waals surface area contributed by atoms with Gasteiger partial charge in [-0.1, -0.05) is 0 Å². The van der Waals surface area contributed by atoms with Crippen molar-refractivity contribution < 1.29 is 18.0 Å². The standard InChI is InChI=1S/C15H18F3N3.C8H6N2O/c1-20-11-4-6-12(7-5-11)21-13-3-2-10(9-19)14(8-13)15(16,17)18;11-5-6-3-10-8-4-9-2-1-7(6)8/h2-3,8,11-12,20-21H,4-7H2,1H3;1-5,10H. The number of alkyl halides is 3. The van der Waals surface area contributed by atoms with E-state index in [1.807, 2.05) is 13.1 Å². The Morgan fingerprint density at radius 3 is 2.53 bits per heavy atom. The van der Waals surface area contributed by atoms with E-state index in [4.69, 9.17) is 5.26 Å². The van der Waals surface area contributed by atoms with Gasteiger partial charge in [0.25, 0.3) is 0 Å². The van der Waals surface area contributed by atoms with Crippen LogP contribution >= 0.6 is 0 Å². The molecule has 4 rings (SSSR count). The van der Waals surface area contributed by atoms with Crippen molar-refractivity contribution in [1.82, 2.24) is 15.3 Å². The predicted octanol–water partition coefficient (Wildman–Crippen LogP) is 4.89. The number of H-pyrrole nitrogens is 1. The van der Waals surface area contributed by atoms with E-state index >= 15 is 0 Å². The Hall–Kier alpha value is -3.38. The van der Waals surface area contributed by atoms with E-state index < -0.39 is 11.7 Å². The van der Waals surface area contributed by atoms with Crippen LogP contribution in [-0.4, -0.2) is 35.4 Å². The highest BCUT2D eigenvalue weighted by Gasteiger charge is 2.34. The third-order valence-electron chi connectivity index (χ3n) is 5.59. The number of fused-ring (bicyclic) bond motifs is 1. The number of hydrogen-bond donors (Lipinski definition) is 3. The molecule has 0 bridgehead atoms. The average molecular weight is 443 g/mol.